The van der Waals surface area contributed by atoms with E-state index >= 15 is 0 Å². The van der Waals surface area contributed by atoms with Gasteiger partial charge in [0.2, 0.25) is 0 Å². The third kappa shape index (κ3) is 3.35. The van der Waals surface area contributed by atoms with Crippen LogP contribution in [0.1, 0.15) is 27.3 Å². The maximum atomic E-state index is 12.3. The first-order valence-corrected chi connectivity index (χ1v) is 7.80. The van der Waals surface area contributed by atoms with E-state index in [2.05, 4.69) is 20.4 Å². The van der Waals surface area contributed by atoms with Gasteiger partial charge in [-0.15, -0.1) is 0 Å². The van der Waals surface area contributed by atoms with Crippen molar-refractivity contribution in [3.8, 4) is 11.7 Å². The van der Waals surface area contributed by atoms with E-state index in [9.17, 15) is 4.79 Å². The molecule has 0 aliphatic rings. The number of hydrogen-bond donors (Lipinski definition) is 1. The van der Waals surface area contributed by atoms with Crippen LogP contribution < -0.4 is 10.1 Å². The van der Waals surface area contributed by atoms with Gasteiger partial charge < -0.3 is 10.1 Å². The van der Waals surface area contributed by atoms with E-state index in [0.717, 1.165) is 17.0 Å². The maximum Gasteiger partial charge on any atom is 0.255 e. The second kappa shape index (κ2) is 6.72. The van der Waals surface area contributed by atoms with Crippen LogP contribution in [-0.2, 0) is 0 Å². The fourth-order valence-electron chi connectivity index (χ4n) is 2.38. The van der Waals surface area contributed by atoms with E-state index in [1.54, 1.807) is 48.5 Å². The van der Waals surface area contributed by atoms with Crippen molar-refractivity contribution in [2.45, 2.75) is 20.8 Å². The quantitative estimate of drug-likeness (QED) is 0.791. The minimum absolute atomic E-state index is 0.253. The highest BCUT2D eigenvalue weighted by Gasteiger charge is 2.12. The summed E-state index contributed by atoms with van der Waals surface area (Å²) in [5.74, 6) is 0.837. The first kappa shape index (κ1) is 16.6. The lowest BCUT2D eigenvalue weighted by Crippen LogP contribution is -2.13. The molecule has 0 atom stereocenters. The van der Waals surface area contributed by atoms with Gasteiger partial charge in [0.1, 0.15) is 5.75 Å². The Kier molecular flexibility index (Phi) is 4.47. The Morgan fingerprint density at radius 1 is 1.16 bits per heavy atom. The number of nitrogens with zero attached hydrogens (tertiary/aromatic N) is 4. The van der Waals surface area contributed by atoms with Gasteiger partial charge in [-0.25, -0.2) is 14.6 Å². The summed E-state index contributed by atoms with van der Waals surface area (Å²) in [6.07, 6.45) is 3.12. The Bertz CT molecular complexity index is 916. The number of methoxy groups -OCH3 is 1. The number of aromatic nitrogens is 4. The number of carbonyl (C=O) groups is 1. The van der Waals surface area contributed by atoms with Crippen LogP contribution in [-0.4, -0.2) is 32.8 Å². The molecule has 0 radical (unpaired) electrons. The molecule has 0 saturated carbocycles. The third-order valence-electron chi connectivity index (χ3n) is 4.07. The number of carbonyl (C=O) groups excluding carboxylic acids is 1. The zero-order chi connectivity index (χ0) is 18.0. The van der Waals surface area contributed by atoms with Crippen molar-refractivity contribution in [2.75, 3.05) is 12.4 Å². The van der Waals surface area contributed by atoms with Crippen molar-refractivity contribution in [1.82, 2.24) is 19.7 Å². The molecule has 25 heavy (non-hydrogen) atoms. The van der Waals surface area contributed by atoms with Crippen LogP contribution in [0.3, 0.4) is 0 Å². The fourth-order valence-corrected chi connectivity index (χ4v) is 2.38. The van der Waals surface area contributed by atoms with Gasteiger partial charge in [-0.3, -0.25) is 4.79 Å². The maximum absolute atomic E-state index is 12.3. The minimum Gasteiger partial charge on any atom is -0.497 e. The second-order valence-electron chi connectivity index (χ2n) is 5.67. The zero-order valence-corrected chi connectivity index (χ0v) is 14.6. The molecule has 3 aromatic rings. The number of hydrogen-bond acceptors (Lipinski definition) is 5. The lowest BCUT2D eigenvalue weighted by Gasteiger charge is -2.07. The normalized spacial score (nSPS) is 10.6. The highest BCUT2D eigenvalue weighted by Crippen LogP contribution is 2.16. The molecule has 0 aliphatic heterocycles. The molecule has 0 aliphatic carbocycles. The highest BCUT2D eigenvalue weighted by molar-refractivity contribution is 6.04. The van der Waals surface area contributed by atoms with Gasteiger partial charge in [0, 0.05) is 11.3 Å². The zero-order valence-electron chi connectivity index (χ0n) is 14.6. The first-order valence-electron chi connectivity index (χ1n) is 7.80. The standard InChI is InChI=1S/C18H19N5O2/c1-11-12(2)22-23(13(11)3)18-19-9-15(10-20-18)21-17(24)14-6-5-7-16(8-14)25-4/h5-10H,1-4H3,(H,21,24). The Morgan fingerprint density at radius 3 is 2.48 bits per heavy atom. The predicted octanol–water partition coefficient (Wildman–Crippen LogP) is 2.85. The highest BCUT2D eigenvalue weighted by atomic mass is 16.5. The van der Waals surface area contributed by atoms with E-state index in [0.29, 0.717) is 22.9 Å². The topological polar surface area (TPSA) is 81.9 Å². The number of amides is 1. The molecule has 7 nitrogen and oxygen atoms in total. The number of ether oxygens (including phenoxy) is 1. The van der Waals surface area contributed by atoms with Crippen molar-refractivity contribution in [2.24, 2.45) is 0 Å². The van der Waals surface area contributed by atoms with Crippen molar-refractivity contribution in [3.05, 3.63) is 59.2 Å². The Hall–Kier alpha value is -3.22. The van der Waals surface area contributed by atoms with E-state index in [1.807, 2.05) is 20.8 Å². The third-order valence-corrected chi connectivity index (χ3v) is 4.07. The van der Waals surface area contributed by atoms with Crippen LogP contribution in [0.4, 0.5) is 5.69 Å². The van der Waals surface area contributed by atoms with Crippen LogP contribution in [0.2, 0.25) is 0 Å². The molecule has 1 amide bonds. The van der Waals surface area contributed by atoms with E-state index in [4.69, 9.17) is 4.74 Å². The Labute approximate surface area is 145 Å². The Balaban J connectivity index is 1.78. The molecule has 2 heterocycles. The largest absolute Gasteiger partial charge is 0.497 e. The number of anilines is 1. The number of benzene rings is 1. The Morgan fingerprint density at radius 2 is 1.88 bits per heavy atom. The molecule has 1 aromatic carbocycles. The second-order valence-corrected chi connectivity index (χ2v) is 5.67. The van der Waals surface area contributed by atoms with Gasteiger partial charge in [-0.1, -0.05) is 6.07 Å². The summed E-state index contributed by atoms with van der Waals surface area (Å²) >= 11 is 0. The smallest absolute Gasteiger partial charge is 0.255 e. The first-order chi connectivity index (χ1) is 12.0. The van der Waals surface area contributed by atoms with Crippen molar-refractivity contribution in [3.63, 3.8) is 0 Å². The van der Waals surface area contributed by atoms with Gasteiger partial charge in [0.15, 0.2) is 0 Å². The van der Waals surface area contributed by atoms with Gasteiger partial charge in [0.05, 0.1) is 30.9 Å². The lowest BCUT2D eigenvalue weighted by atomic mass is 10.2. The fraction of sp³-hybridized carbons (Fsp3) is 0.222. The SMILES string of the molecule is COc1cccc(C(=O)Nc2cnc(-n3nc(C)c(C)c3C)nc2)c1. The summed E-state index contributed by atoms with van der Waals surface area (Å²) in [5, 5.41) is 7.20. The van der Waals surface area contributed by atoms with E-state index in [1.165, 1.54) is 0 Å². The minimum atomic E-state index is -0.253. The molecule has 128 valence electrons. The molecule has 2 aromatic heterocycles. The van der Waals surface area contributed by atoms with Gasteiger partial charge in [0.25, 0.3) is 11.9 Å². The molecule has 0 spiro atoms. The summed E-state index contributed by atoms with van der Waals surface area (Å²) in [4.78, 5) is 20.9. The van der Waals surface area contributed by atoms with Crippen molar-refractivity contribution >= 4 is 11.6 Å². The van der Waals surface area contributed by atoms with E-state index < -0.39 is 0 Å². The van der Waals surface area contributed by atoms with Crippen LogP contribution in [0.15, 0.2) is 36.7 Å². The number of aryl methyl sites for hydroxylation is 1. The summed E-state index contributed by atoms with van der Waals surface area (Å²) < 4.78 is 6.82. The average Bonchev–Trinajstić information content (AvgIpc) is 2.90. The molecular formula is C18H19N5O2. The van der Waals surface area contributed by atoms with Crippen LogP contribution in [0, 0.1) is 20.8 Å². The molecule has 1 N–H and O–H groups in total. The number of nitrogens with one attached hydrogen (secondary N) is 1. The summed E-state index contributed by atoms with van der Waals surface area (Å²) in [6, 6.07) is 6.93. The van der Waals surface area contributed by atoms with Gasteiger partial charge in [-0.05, 0) is 44.5 Å². The van der Waals surface area contributed by atoms with Crippen LogP contribution >= 0.6 is 0 Å². The molecule has 3 rings (SSSR count). The molecule has 7 heteroatoms. The van der Waals surface area contributed by atoms with Crippen LogP contribution in [0.5, 0.6) is 5.75 Å². The molecule has 0 unspecified atom stereocenters. The van der Waals surface area contributed by atoms with Gasteiger partial charge >= 0.3 is 0 Å². The average molecular weight is 337 g/mol. The molecular weight excluding hydrogens is 318 g/mol. The molecule has 0 fully saturated rings. The summed E-state index contributed by atoms with van der Waals surface area (Å²) in [7, 11) is 1.56. The predicted molar refractivity (Wildman–Crippen MR) is 94.3 cm³/mol. The van der Waals surface area contributed by atoms with E-state index in [-0.39, 0.29) is 5.91 Å². The van der Waals surface area contributed by atoms with Crippen molar-refractivity contribution < 1.29 is 9.53 Å². The summed E-state index contributed by atoms with van der Waals surface area (Å²) in [6.45, 7) is 5.93. The monoisotopic (exact) mass is 337 g/mol. The molecule has 0 saturated heterocycles. The molecule has 0 bridgehead atoms. The number of rotatable bonds is 4. The van der Waals surface area contributed by atoms with Crippen molar-refractivity contribution in [1.29, 1.82) is 0 Å². The van der Waals surface area contributed by atoms with Gasteiger partial charge in [-0.2, -0.15) is 5.10 Å². The van der Waals surface area contributed by atoms with Crippen LogP contribution in [0.25, 0.3) is 5.95 Å². The lowest BCUT2D eigenvalue weighted by molar-refractivity contribution is 0.102. The summed E-state index contributed by atoms with van der Waals surface area (Å²) in [5.41, 5.74) is 4.05.